The summed E-state index contributed by atoms with van der Waals surface area (Å²) in [6.07, 6.45) is 2.16. The molecule has 3 fully saturated rings. The molecule has 2 unspecified atom stereocenters. The molecule has 4 aromatic rings. The van der Waals surface area contributed by atoms with Crippen molar-refractivity contribution in [1.82, 2.24) is 14.8 Å². The minimum Gasteiger partial charge on any atom is -0.331 e. The standard InChI is InChI=1S/C30H21N5O3/c31-16-21-12-13-24(23-7-4-14-32-26(21)23)35-29(37)27-25-15-22(34(27)30(35)38)17-33(25)28(36)20-10-8-19(9-11-20)18-5-2-1-3-6-18/h1-14,22,25,27H,15,17H2/t22-,25?,27?/m1/s1. The normalized spacial score (nSPS) is 21.8. The summed E-state index contributed by atoms with van der Waals surface area (Å²) in [5.74, 6) is -0.488. The Labute approximate surface area is 218 Å². The van der Waals surface area contributed by atoms with E-state index in [2.05, 4.69) is 11.1 Å². The van der Waals surface area contributed by atoms with E-state index in [-0.39, 0.29) is 29.9 Å². The van der Waals surface area contributed by atoms with Crippen LogP contribution in [0, 0.1) is 11.3 Å². The quantitative estimate of drug-likeness (QED) is 0.394. The van der Waals surface area contributed by atoms with Gasteiger partial charge in [0.1, 0.15) is 12.1 Å². The van der Waals surface area contributed by atoms with Gasteiger partial charge in [-0.25, -0.2) is 9.69 Å². The van der Waals surface area contributed by atoms with Crippen molar-refractivity contribution >= 4 is 34.4 Å². The van der Waals surface area contributed by atoms with Crippen LogP contribution >= 0.6 is 0 Å². The number of carbonyl (C=O) groups is 3. The Morgan fingerprint density at radius 3 is 2.45 bits per heavy atom. The predicted octanol–water partition coefficient (Wildman–Crippen LogP) is 4.21. The zero-order chi connectivity index (χ0) is 26.0. The van der Waals surface area contributed by atoms with Crippen LogP contribution in [0.5, 0.6) is 0 Å². The molecule has 3 aliphatic heterocycles. The molecule has 4 amide bonds. The summed E-state index contributed by atoms with van der Waals surface area (Å²) in [5.41, 5.74) is 3.88. The maximum absolute atomic E-state index is 13.7. The zero-order valence-corrected chi connectivity index (χ0v) is 20.2. The highest BCUT2D eigenvalue weighted by Gasteiger charge is 2.63. The van der Waals surface area contributed by atoms with Crippen LogP contribution in [0.4, 0.5) is 10.5 Å². The molecule has 2 bridgehead atoms. The highest BCUT2D eigenvalue weighted by molar-refractivity contribution is 6.25. The van der Waals surface area contributed by atoms with Crippen molar-refractivity contribution in [3.63, 3.8) is 0 Å². The third-order valence-corrected chi connectivity index (χ3v) is 7.87. The van der Waals surface area contributed by atoms with E-state index in [9.17, 15) is 19.6 Å². The first-order chi connectivity index (χ1) is 18.6. The van der Waals surface area contributed by atoms with E-state index in [1.165, 1.54) is 4.90 Å². The van der Waals surface area contributed by atoms with Gasteiger partial charge in [0.2, 0.25) is 0 Å². The second-order valence-electron chi connectivity index (χ2n) is 9.81. The van der Waals surface area contributed by atoms with E-state index < -0.39 is 6.04 Å². The van der Waals surface area contributed by atoms with E-state index in [1.54, 1.807) is 40.3 Å². The average Bonchev–Trinajstić information content (AvgIpc) is 3.64. The lowest BCUT2D eigenvalue weighted by atomic mass is 10.0. The SMILES string of the molecule is N#Cc1ccc(N2C(=O)C3C4C[C@H](CN4C(=O)c4ccc(-c5ccccc5)cc4)N3C2=O)c2cccnc12. The van der Waals surface area contributed by atoms with Crippen LogP contribution in [0.15, 0.2) is 85.1 Å². The molecule has 3 aliphatic rings. The maximum Gasteiger partial charge on any atom is 0.332 e. The van der Waals surface area contributed by atoms with Gasteiger partial charge in [0, 0.05) is 23.7 Å². The number of carbonyl (C=O) groups excluding carboxylic acids is 3. The lowest BCUT2D eigenvalue weighted by molar-refractivity contribution is -0.121. The van der Waals surface area contributed by atoms with Crippen molar-refractivity contribution in [2.24, 2.45) is 0 Å². The first-order valence-electron chi connectivity index (χ1n) is 12.5. The van der Waals surface area contributed by atoms with Crippen LogP contribution in [0.25, 0.3) is 22.0 Å². The third kappa shape index (κ3) is 3.08. The third-order valence-electron chi connectivity index (χ3n) is 7.87. The van der Waals surface area contributed by atoms with E-state index in [0.717, 1.165) is 11.1 Å². The number of likely N-dealkylation sites (tertiary alicyclic amines) is 1. The fourth-order valence-electron chi connectivity index (χ4n) is 6.16. The van der Waals surface area contributed by atoms with Crippen molar-refractivity contribution in [2.45, 2.75) is 24.5 Å². The van der Waals surface area contributed by atoms with Crippen molar-refractivity contribution in [2.75, 3.05) is 11.4 Å². The first kappa shape index (κ1) is 22.2. The monoisotopic (exact) mass is 499 g/mol. The molecule has 184 valence electrons. The topological polar surface area (TPSA) is 97.6 Å². The number of nitriles is 1. The number of anilines is 1. The van der Waals surface area contributed by atoms with Gasteiger partial charge in [-0.2, -0.15) is 5.26 Å². The molecule has 0 N–H and O–H groups in total. The largest absolute Gasteiger partial charge is 0.332 e. The van der Waals surface area contributed by atoms with Crippen molar-refractivity contribution in [1.29, 1.82) is 5.26 Å². The van der Waals surface area contributed by atoms with Gasteiger partial charge in [0.25, 0.3) is 11.8 Å². The molecular formula is C30H21N5O3. The molecule has 0 saturated carbocycles. The Balaban J connectivity index is 1.18. The summed E-state index contributed by atoms with van der Waals surface area (Å²) in [6, 6.07) is 24.5. The number of amides is 4. The van der Waals surface area contributed by atoms with Gasteiger partial charge in [0.15, 0.2) is 0 Å². The van der Waals surface area contributed by atoms with E-state index in [4.69, 9.17) is 0 Å². The molecule has 3 atom stereocenters. The van der Waals surface area contributed by atoms with Gasteiger partial charge >= 0.3 is 6.03 Å². The van der Waals surface area contributed by atoms with Crippen molar-refractivity contribution < 1.29 is 14.4 Å². The van der Waals surface area contributed by atoms with Crippen LogP contribution in [0.3, 0.4) is 0 Å². The average molecular weight is 500 g/mol. The summed E-state index contributed by atoms with van der Waals surface area (Å²) in [5, 5.41) is 10.0. The molecule has 8 nitrogen and oxygen atoms in total. The summed E-state index contributed by atoms with van der Waals surface area (Å²) < 4.78 is 0. The second-order valence-corrected chi connectivity index (χ2v) is 9.81. The number of urea groups is 1. The highest BCUT2D eigenvalue weighted by Crippen LogP contribution is 2.44. The number of hydrogen-bond donors (Lipinski definition) is 0. The molecule has 8 heteroatoms. The summed E-state index contributed by atoms with van der Waals surface area (Å²) in [4.78, 5) is 49.7. The van der Waals surface area contributed by atoms with Gasteiger partial charge in [-0.15, -0.1) is 0 Å². The van der Waals surface area contributed by atoms with Gasteiger partial charge in [-0.1, -0.05) is 42.5 Å². The van der Waals surface area contributed by atoms with Gasteiger partial charge in [-0.05, 0) is 53.9 Å². The second kappa shape index (κ2) is 8.25. The lowest BCUT2D eigenvalue weighted by Crippen LogP contribution is -2.54. The number of rotatable bonds is 3. The van der Waals surface area contributed by atoms with E-state index in [1.807, 2.05) is 54.6 Å². The lowest BCUT2D eigenvalue weighted by Gasteiger charge is -2.35. The molecule has 3 saturated heterocycles. The molecule has 38 heavy (non-hydrogen) atoms. The molecule has 4 heterocycles. The van der Waals surface area contributed by atoms with Crippen LogP contribution in [0.2, 0.25) is 0 Å². The Morgan fingerprint density at radius 2 is 1.68 bits per heavy atom. The highest BCUT2D eigenvalue weighted by atomic mass is 16.2. The number of nitrogens with zero attached hydrogens (tertiary/aromatic N) is 5. The minimum absolute atomic E-state index is 0.136. The molecule has 0 spiro atoms. The number of fused-ring (bicyclic) bond motifs is 6. The molecule has 3 aromatic carbocycles. The Bertz CT molecular complexity index is 1680. The maximum atomic E-state index is 13.7. The number of pyridine rings is 1. The van der Waals surface area contributed by atoms with E-state index in [0.29, 0.717) is 40.7 Å². The van der Waals surface area contributed by atoms with Crippen molar-refractivity contribution in [3.8, 4) is 17.2 Å². The Morgan fingerprint density at radius 1 is 0.921 bits per heavy atom. The summed E-state index contributed by atoms with van der Waals surface area (Å²) in [7, 11) is 0. The summed E-state index contributed by atoms with van der Waals surface area (Å²) >= 11 is 0. The number of hydrogen-bond acceptors (Lipinski definition) is 5. The Kier molecular flexibility index (Phi) is 4.82. The van der Waals surface area contributed by atoms with Crippen LogP contribution in [-0.4, -0.2) is 57.3 Å². The van der Waals surface area contributed by atoms with Crippen LogP contribution in [-0.2, 0) is 4.79 Å². The molecule has 0 aliphatic carbocycles. The molecule has 7 rings (SSSR count). The van der Waals surface area contributed by atoms with Gasteiger partial charge in [0.05, 0.1) is 28.9 Å². The number of imide groups is 1. The number of piperazine rings is 1. The number of aromatic nitrogens is 1. The van der Waals surface area contributed by atoms with Gasteiger partial charge < -0.3 is 9.80 Å². The van der Waals surface area contributed by atoms with Crippen LogP contribution in [0.1, 0.15) is 22.3 Å². The molecule has 1 aromatic heterocycles. The summed E-state index contributed by atoms with van der Waals surface area (Å²) in [6.45, 7) is 0.392. The fourth-order valence-corrected chi connectivity index (χ4v) is 6.16. The van der Waals surface area contributed by atoms with Gasteiger partial charge in [-0.3, -0.25) is 14.6 Å². The smallest absolute Gasteiger partial charge is 0.331 e. The molecule has 0 radical (unpaired) electrons. The zero-order valence-electron chi connectivity index (χ0n) is 20.2. The van der Waals surface area contributed by atoms with E-state index >= 15 is 0 Å². The number of benzene rings is 3. The molecular weight excluding hydrogens is 478 g/mol. The first-order valence-corrected chi connectivity index (χ1v) is 12.5. The Hall–Kier alpha value is -5.03. The fraction of sp³-hybridized carbons (Fsp3) is 0.167. The minimum atomic E-state index is -0.726. The van der Waals surface area contributed by atoms with Crippen LogP contribution < -0.4 is 4.90 Å². The predicted molar refractivity (Wildman–Crippen MR) is 140 cm³/mol. The van der Waals surface area contributed by atoms with Crippen molar-refractivity contribution in [3.05, 3.63) is 96.2 Å².